The van der Waals surface area contributed by atoms with Crippen LogP contribution in [0.2, 0.25) is 0 Å². The number of carboxylic acid groups (broad SMARTS) is 1. The molecule has 21 heavy (non-hydrogen) atoms. The SMILES string of the molecule is Cc1nc(-c2ccc(C(C)O)cc2)sc1COCC(=O)O. The lowest BCUT2D eigenvalue weighted by molar-refractivity contribution is -0.142. The average Bonchev–Trinajstić information content (AvgIpc) is 2.80. The number of benzene rings is 1. The lowest BCUT2D eigenvalue weighted by Gasteiger charge is -2.04. The summed E-state index contributed by atoms with van der Waals surface area (Å²) >= 11 is 1.49. The molecule has 0 aliphatic heterocycles. The zero-order valence-electron chi connectivity index (χ0n) is 11.9. The maximum atomic E-state index is 10.4. The summed E-state index contributed by atoms with van der Waals surface area (Å²) in [7, 11) is 0. The van der Waals surface area contributed by atoms with Crippen molar-refractivity contribution in [3.63, 3.8) is 0 Å². The molecule has 1 heterocycles. The van der Waals surface area contributed by atoms with E-state index in [1.54, 1.807) is 6.92 Å². The van der Waals surface area contributed by atoms with Gasteiger partial charge in [0.05, 0.1) is 23.3 Å². The van der Waals surface area contributed by atoms with Crippen LogP contribution in [-0.4, -0.2) is 27.8 Å². The molecule has 2 N–H and O–H groups in total. The zero-order valence-corrected chi connectivity index (χ0v) is 12.7. The molecule has 0 saturated heterocycles. The second-order valence-electron chi connectivity index (χ2n) is 4.71. The first-order chi connectivity index (χ1) is 9.97. The van der Waals surface area contributed by atoms with E-state index in [0.717, 1.165) is 26.7 Å². The fourth-order valence-electron chi connectivity index (χ4n) is 1.82. The lowest BCUT2D eigenvalue weighted by atomic mass is 10.1. The van der Waals surface area contributed by atoms with Crippen molar-refractivity contribution in [2.45, 2.75) is 26.6 Å². The largest absolute Gasteiger partial charge is 0.480 e. The summed E-state index contributed by atoms with van der Waals surface area (Å²) in [5.41, 5.74) is 2.68. The van der Waals surface area contributed by atoms with Crippen LogP contribution in [0.15, 0.2) is 24.3 Å². The number of thiazole rings is 1. The fourth-order valence-corrected chi connectivity index (χ4v) is 2.83. The summed E-state index contributed by atoms with van der Waals surface area (Å²) in [4.78, 5) is 15.8. The van der Waals surface area contributed by atoms with Crippen molar-refractivity contribution in [2.24, 2.45) is 0 Å². The number of rotatable bonds is 6. The van der Waals surface area contributed by atoms with Gasteiger partial charge in [-0.3, -0.25) is 0 Å². The molecule has 0 spiro atoms. The first kappa shape index (κ1) is 15.6. The predicted octanol–water partition coefficient (Wildman–Crippen LogP) is 2.77. The second kappa shape index (κ2) is 6.80. The van der Waals surface area contributed by atoms with Crippen LogP contribution in [0, 0.1) is 6.92 Å². The molecule has 0 aliphatic carbocycles. The number of hydrogen-bond donors (Lipinski definition) is 2. The Morgan fingerprint density at radius 2 is 2.05 bits per heavy atom. The highest BCUT2D eigenvalue weighted by molar-refractivity contribution is 7.15. The van der Waals surface area contributed by atoms with Crippen LogP contribution in [0.1, 0.15) is 29.2 Å². The molecule has 112 valence electrons. The first-order valence-corrected chi connectivity index (χ1v) is 7.33. The summed E-state index contributed by atoms with van der Waals surface area (Å²) in [6, 6.07) is 7.58. The topological polar surface area (TPSA) is 79.7 Å². The summed E-state index contributed by atoms with van der Waals surface area (Å²) < 4.78 is 5.10. The van der Waals surface area contributed by atoms with E-state index >= 15 is 0 Å². The minimum Gasteiger partial charge on any atom is -0.480 e. The Kier molecular flexibility index (Phi) is 5.06. The number of hydrogen-bond acceptors (Lipinski definition) is 5. The Hall–Kier alpha value is -1.76. The van der Waals surface area contributed by atoms with E-state index in [1.807, 2.05) is 31.2 Å². The Bertz CT molecular complexity index is 619. The van der Waals surface area contributed by atoms with Gasteiger partial charge in [-0.1, -0.05) is 24.3 Å². The molecule has 6 heteroatoms. The van der Waals surface area contributed by atoms with E-state index in [1.165, 1.54) is 11.3 Å². The van der Waals surface area contributed by atoms with E-state index in [-0.39, 0.29) is 13.2 Å². The molecule has 1 aromatic heterocycles. The number of carboxylic acids is 1. The number of carbonyl (C=O) groups is 1. The first-order valence-electron chi connectivity index (χ1n) is 6.51. The van der Waals surface area contributed by atoms with Crippen LogP contribution in [0.3, 0.4) is 0 Å². The lowest BCUT2D eigenvalue weighted by Crippen LogP contribution is -2.06. The normalized spacial score (nSPS) is 12.3. The van der Waals surface area contributed by atoms with Gasteiger partial charge in [0, 0.05) is 5.56 Å². The molecule has 1 unspecified atom stereocenters. The summed E-state index contributed by atoms with van der Waals surface area (Å²) in [5, 5.41) is 18.9. The summed E-state index contributed by atoms with van der Waals surface area (Å²) in [6.07, 6.45) is -0.489. The van der Waals surface area contributed by atoms with Crippen LogP contribution in [-0.2, 0) is 16.1 Å². The number of aryl methyl sites for hydroxylation is 1. The second-order valence-corrected chi connectivity index (χ2v) is 5.80. The number of aliphatic carboxylic acids is 1. The van der Waals surface area contributed by atoms with Gasteiger partial charge in [0.1, 0.15) is 11.6 Å². The highest BCUT2D eigenvalue weighted by Crippen LogP contribution is 2.29. The molecule has 0 radical (unpaired) electrons. The fraction of sp³-hybridized carbons (Fsp3) is 0.333. The van der Waals surface area contributed by atoms with Gasteiger partial charge in [-0.25, -0.2) is 9.78 Å². The van der Waals surface area contributed by atoms with Gasteiger partial charge in [0.15, 0.2) is 0 Å². The average molecular weight is 307 g/mol. The Morgan fingerprint density at radius 3 is 2.62 bits per heavy atom. The standard InChI is InChI=1S/C15H17NO4S/c1-9-13(7-20-8-14(18)19)21-15(16-9)12-5-3-11(4-6-12)10(2)17/h3-6,10,17H,7-8H2,1-2H3,(H,18,19). The van der Waals surface area contributed by atoms with Crippen LogP contribution >= 0.6 is 11.3 Å². The molecule has 5 nitrogen and oxygen atoms in total. The van der Waals surface area contributed by atoms with Gasteiger partial charge in [-0.05, 0) is 19.4 Å². The third kappa shape index (κ3) is 4.10. The van der Waals surface area contributed by atoms with E-state index in [9.17, 15) is 9.90 Å². The third-order valence-electron chi connectivity index (χ3n) is 2.99. The van der Waals surface area contributed by atoms with E-state index in [4.69, 9.17) is 9.84 Å². The monoisotopic (exact) mass is 307 g/mol. The van der Waals surface area contributed by atoms with E-state index in [2.05, 4.69) is 4.98 Å². The Labute approximate surface area is 126 Å². The molecule has 0 fully saturated rings. The highest BCUT2D eigenvalue weighted by atomic mass is 32.1. The van der Waals surface area contributed by atoms with Gasteiger partial charge >= 0.3 is 5.97 Å². The molecule has 1 aromatic carbocycles. The molecule has 0 saturated carbocycles. The molecule has 2 rings (SSSR count). The molecular weight excluding hydrogens is 290 g/mol. The number of aromatic nitrogens is 1. The summed E-state index contributed by atoms with van der Waals surface area (Å²) in [5.74, 6) is -0.980. The van der Waals surface area contributed by atoms with Gasteiger partial charge in [0.2, 0.25) is 0 Å². The molecule has 0 aliphatic rings. The van der Waals surface area contributed by atoms with Gasteiger partial charge < -0.3 is 14.9 Å². The van der Waals surface area contributed by atoms with Crippen molar-refractivity contribution in [1.82, 2.24) is 4.98 Å². The van der Waals surface area contributed by atoms with Crippen LogP contribution in [0.5, 0.6) is 0 Å². The molecular formula is C15H17NO4S. The minimum absolute atomic E-state index is 0.252. The highest BCUT2D eigenvalue weighted by Gasteiger charge is 2.11. The smallest absolute Gasteiger partial charge is 0.329 e. The predicted molar refractivity (Wildman–Crippen MR) is 80.2 cm³/mol. The Morgan fingerprint density at radius 1 is 1.38 bits per heavy atom. The van der Waals surface area contributed by atoms with Crippen LogP contribution < -0.4 is 0 Å². The third-order valence-corrected chi connectivity index (χ3v) is 4.17. The molecule has 2 aromatic rings. The van der Waals surface area contributed by atoms with Crippen LogP contribution in [0.4, 0.5) is 0 Å². The maximum absolute atomic E-state index is 10.4. The molecule has 0 bridgehead atoms. The van der Waals surface area contributed by atoms with Crippen molar-refractivity contribution in [1.29, 1.82) is 0 Å². The van der Waals surface area contributed by atoms with Crippen molar-refractivity contribution in [2.75, 3.05) is 6.61 Å². The quantitative estimate of drug-likeness (QED) is 0.858. The number of ether oxygens (including phenoxy) is 1. The summed E-state index contributed by atoms with van der Waals surface area (Å²) in [6.45, 7) is 3.54. The maximum Gasteiger partial charge on any atom is 0.329 e. The van der Waals surface area contributed by atoms with Crippen LogP contribution in [0.25, 0.3) is 10.6 Å². The zero-order chi connectivity index (χ0) is 15.4. The number of aliphatic hydroxyl groups is 1. The van der Waals surface area contributed by atoms with Crippen molar-refractivity contribution < 1.29 is 19.7 Å². The molecule has 1 atom stereocenters. The van der Waals surface area contributed by atoms with Crippen molar-refractivity contribution >= 4 is 17.3 Å². The Balaban J connectivity index is 2.12. The van der Waals surface area contributed by atoms with Crippen molar-refractivity contribution in [3.05, 3.63) is 40.4 Å². The van der Waals surface area contributed by atoms with E-state index in [0.29, 0.717) is 0 Å². The number of nitrogens with zero attached hydrogens (tertiary/aromatic N) is 1. The minimum atomic E-state index is -0.980. The van der Waals surface area contributed by atoms with Crippen molar-refractivity contribution in [3.8, 4) is 10.6 Å². The van der Waals surface area contributed by atoms with Gasteiger partial charge in [-0.15, -0.1) is 11.3 Å². The van der Waals surface area contributed by atoms with Gasteiger partial charge in [-0.2, -0.15) is 0 Å². The number of aliphatic hydroxyl groups excluding tert-OH is 1. The molecule has 0 amide bonds. The van der Waals surface area contributed by atoms with E-state index < -0.39 is 12.1 Å². The van der Waals surface area contributed by atoms with Gasteiger partial charge in [0.25, 0.3) is 0 Å².